The molecule has 0 aliphatic heterocycles. The van der Waals surface area contributed by atoms with Gasteiger partial charge in [-0.25, -0.2) is 14.8 Å². The minimum Gasteiger partial charge on any atom is -0.289 e. The number of rotatable bonds is 3. The second-order valence-electron chi connectivity index (χ2n) is 4.66. The van der Waals surface area contributed by atoms with Crippen LogP contribution in [0.2, 0.25) is 0 Å². The monoisotopic (exact) mass is 256 g/mol. The fourth-order valence-corrected chi connectivity index (χ4v) is 2.49. The summed E-state index contributed by atoms with van der Waals surface area (Å²) in [5, 5.41) is 0. The van der Waals surface area contributed by atoms with Crippen molar-refractivity contribution < 1.29 is 0 Å². The van der Waals surface area contributed by atoms with Crippen molar-refractivity contribution in [1.82, 2.24) is 19.5 Å². The lowest BCUT2D eigenvalue weighted by Crippen LogP contribution is -2.21. The van der Waals surface area contributed by atoms with E-state index in [1.807, 2.05) is 24.3 Å². The number of H-pyrrole nitrogens is 1. The predicted octanol–water partition coefficient (Wildman–Crippen LogP) is 2.63. The first kappa shape index (κ1) is 11.9. The van der Waals surface area contributed by atoms with Crippen LogP contribution < -0.4 is 5.69 Å². The van der Waals surface area contributed by atoms with E-state index in [0.717, 1.165) is 23.9 Å². The highest BCUT2D eigenvalue weighted by Gasteiger charge is 2.16. The molecule has 3 aromatic rings. The SMILES string of the molecule is CCC(CC)n1c(=O)[nH]c2nc3ccccc3nc21. The van der Waals surface area contributed by atoms with E-state index in [-0.39, 0.29) is 11.7 Å². The van der Waals surface area contributed by atoms with Crippen molar-refractivity contribution in [2.24, 2.45) is 0 Å². The van der Waals surface area contributed by atoms with Crippen molar-refractivity contribution in [3.8, 4) is 0 Å². The van der Waals surface area contributed by atoms with E-state index in [9.17, 15) is 4.79 Å². The highest BCUT2D eigenvalue weighted by Crippen LogP contribution is 2.19. The molecule has 0 spiro atoms. The van der Waals surface area contributed by atoms with Gasteiger partial charge < -0.3 is 0 Å². The molecule has 98 valence electrons. The summed E-state index contributed by atoms with van der Waals surface area (Å²) in [5.41, 5.74) is 2.70. The third kappa shape index (κ3) is 1.82. The van der Waals surface area contributed by atoms with Gasteiger partial charge >= 0.3 is 5.69 Å². The summed E-state index contributed by atoms with van der Waals surface area (Å²) in [5.74, 6) is 0. The Kier molecular flexibility index (Phi) is 2.81. The van der Waals surface area contributed by atoms with Gasteiger partial charge in [-0.1, -0.05) is 26.0 Å². The fraction of sp³-hybridized carbons (Fsp3) is 0.357. The van der Waals surface area contributed by atoms with Crippen molar-refractivity contribution in [2.75, 3.05) is 0 Å². The first-order valence-electron chi connectivity index (χ1n) is 6.61. The quantitative estimate of drug-likeness (QED) is 0.783. The molecule has 0 aliphatic rings. The minimum atomic E-state index is -0.126. The molecule has 1 aromatic carbocycles. The van der Waals surface area contributed by atoms with Gasteiger partial charge in [0.2, 0.25) is 0 Å². The van der Waals surface area contributed by atoms with Crippen LogP contribution in [0.1, 0.15) is 32.7 Å². The van der Waals surface area contributed by atoms with Crippen LogP contribution in [0.5, 0.6) is 0 Å². The lowest BCUT2D eigenvalue weighted by atomic mass is 10.2. The second-order valence-corrected chi connectivity index (χ2v) is 4.66. The largest absolute Gasteiger partial charge is 0.329 e. The lowest BCUT2D eigenvalue weighted by molar-refractivity contribution is 0.469. The van der Waals surface area contributed by atoms with Crippen LogP contribution in [-0.4, -0.2) is 19.5 Å². The molecule has 0 unspecified atom stereocenters. The smallest absolute Gasteiger partial charge is 0.289 e. The van der Waals surface area contributed by atoms with Crippen LogP contribution in [0.25, 0.3) is 22.3 Å². The average molecular weight is 256 g/mol. The number of fused-ring (bicyclic) bond motifs is 2. The minimum absolute atomic E-state index is 0.126. The van der Waals surface area contributed by atoms with Gasteiger partial charge in [0.1, 0.15) is 0 Å². The molecular weight excluding hydrogens is 240 g/mol. The Morgan fingerprint density at radius 3 is 2.42 bits per heavy atom. The molecule has 0 saturated carbocycles. The molecule has 0 amide bonds. The number of para-hydroxylation sites is 2. The number of hydrogen-bond acceptors (Lipinski definition) is 3. The molecule has 3 rings (SSSR count). The zero-order valence-corrected chi connectivity index (χ0v) is 11.1. The molecule has 0 radical (unpaired) electrons. The first-order valence-corrected chi connectivity index (χ1v) is 6.61. The summed E-state index contributed by atoms with van der Waals surface area (Å²) in [6.45, 7) is 4.15. The van der Waals surface area contributed by atoms with E-state index in [0.29, 0.717) is 11.3 Å². The molecular formula is C14H16N4O. The van der Waals surface area contributed by atoms with Crippen LogP contribution in [0, 0.1) is 0 Å². The van der Waals surface area contributed by atoms with E-state index in [2.05, 4.69) is 28.8 Å². The first-order chi connectivity index (χ1) is 9.24. The highest BCUT2D eigenvalue weighted by atomic mass is 16.1. The van der Waals surface area contributed by atoms with Crippen molar-refractivity contribution in [1.29, 1.82) is 0 Å². The Bertz CT molecular complexity index is 783. The highest BCUT2D eigenvalue weighted by molar-refractivity contribution is 5.82. The number of aromatic nitrogens is 4. The van der Waals surface area contributed by atoms with Gasteiger partial charge in [0, 0.05) is 6.04 Å². The molecule has 0 bridgehead atoms. The van der Waals surface area contributed by atoms with Crippen LogP contribution in [0.4, 0.5) is 0 Å². The summed E-state index contributed by atoms with van der Waals surface area (Å²) in [6.07, 6.45) is 1.80. The molecule has 2 aromatic heterocycles. The summed E-state index contributed by atoms with van der Waals surface area (Å²) < 4.78 is 1.73. The summed E-state index contributed by atoms with van der Waals surface area (Å²) in [7, 11) is 0. The zero-order chi connectivity index (χ0) is 13.4. The van der Waals surface area contributed by atoms with E-state index in [4.69, 9.17) is 0 Å². The third-order valence-corrected chi connectivity index (χ3v) is 3.53. The number of nitrogens with one attached hydrogen (secondary N) is 1. The maximum Gasteiger partial charge on any atom is 0.329 e. The van der Waals surface area contributed by atoms with Crippen LogP contribution in [0.3, 0.4) is 0 Å². The number of benzene rings is 1. The van der Waals surface area contributed by atoms with E-state index in [1.54, 1.807) is 4.57 Å². The molecule has 19 heavy (non-hydrogen) atoms. The normalized spacial score (nSPS) is 11.7. The van der Waals surface area contributed by atoms with Crippen molar-refractivity contribution >= 4 is 22.3 Å². The Labute approximate surface area is 110 Å². The van der Waals surface area contributed by atoms with Gasteiger partial charge in [0.05, 0.1) is 11.0 Å². The van der Waals surface area contributed by atoms with Crippen LogP contribution >= 0.6 is 0 Å². The van der Waals surface area contributed by atoms with Crippen LogP contribution in [0.15, 0.2) is 29.1 Å². The van der Waals surface area contributed by atoms with Crippen LogP contribution in [-0.2, 0) is 0 Å². The maximum absolute atomic E-state index is 12.1. The van der Waals surface area contributed by atoms with Gasteiger partial charge in [-0.3, -0.25) is 9.55 Å². The maximum atomic E-state index is 12.1. The third-order valence-electron chi connectivity index (χ3n) is 3.53. The van der Waals surface area contributed by atoms with E-state index >= 15 is 0 Å². The number of hydrogen-bond donors (Lipinski definition) is 1. The van der Waals surface area contributed by atoms with Crippen molar-refractivity contribution in [3.63, 3.8) is 0 Å². The number of aromatic amines is 1. The Morgan fingerprint density at radius 1 is 1.16 bits per heavy atom. The molecule has 0 atom stereocenters. The molecule has 0 fully saturated rings. The van der Waals surface area contributed by atoms with Gasteiger partial charge in [0.15, 0.2) is 11.3 Å². The van der Waals surface area contributed by atoms with Crippen molar-refractivity contribution in [3.05, 3.63) is 34.7 Å². The second kappa shape index (κ2) is 4.50. The standard InChI is InChI=1S/C14H16N4O/c1-3-9(4-2)18-13-12(17-14(18)19)15-10-7-5-6-8-11(10)16-13/h5-9H,3-4H2,1-2H3,(H,15,17,19). The van der Waals surface area contributed by atoms with Gasteiger partial charge in [-0.2, -0.15) is 0 Å². The van der Waals surface area contributed by atoms with Gasteiger partial charge in [0.25, 0.3) is 0 Å². The summed E-state index contributed by atoms with van der Waals surface area (Å²) in [4.78, 5) is 24.0. The van der Waals surface area contributed by atoms with Gasteiger partial charge in [-0.15, -0.1) is 0 Å². The van der Waals surface area contributed by atoms with E-state index in [1.165, 1.54) is 0 Å². The molecule has 5 heteroatoms. The summed E-state index contributed by atoms with van der Waals surface area (Å²) >= 11 is 0. The Morgan fingerprint density at radius 2 is 1.79 bits per heavy atom. The fourth-order valence-electron chi connectivity index (χ4n) is 2.49. The molecule has 0 aliphatic carbocycles. The molecule has 1 N–H and O–H groups in total. The van der Waals surface area contributed by atoms with E-state index < -0.39 is 0 Å². The number of nitrogens with zero attached hydrogens (tertiary/aromatic N) is 3. The van der Waals surface area contributed by atoms with Crippen molar-refractivity contribution in [2.45, 2.75) is 32.7 Å². The number of imidazole rings is 1. The zero-order valence-electron chi connectivity index (χ0n) is 11.1. The predicted molar refractivity (Wildman–Crippen MR) is 75.3 cm³/mol. The Balaban J connectivity index is 2.36. The lowest BCUT2D eigenvalue weighted by Gasteiger charge is -2.13. The summed E-state index contributed by atoms with van der Waals surface area (Å²) in [6, 6.07) is 7.82. The Hall–Kier alpha value is -2.17. The average Bonchev–Trinajstić information content (AvgIpc) is 2.74. The molecule has 5 nitrogen and oxygen atoms in total. The molecule has 0 saturated heterocycles. The topological polar surface area (TPSA) is 63.6 Å². The van der Waals surface area contributed by atoms with Gasteiger partial charge in [-0.05, 0) is 25.0 Å². The molecule has 2 heterocycles.